The van der Waals surface area contributed by atoms with Crippen LogP contribution in [-0.4, -0.2) is 11.9 Å². The van der Waals surface area contributed by atoms with Crippen LogP contribution >= 0.6 is 0 Å². The van der Waals surface area contributed by atoms with Crippen LogP contribution in [0.15, 0.2) is 18.2 Å². The lowest BCUT2D eigenvalue weighted by atomic mass is 9.81. The molecule has 0 radical (unpaired) electrons. The fourth-order valence-electron chi connectivity index (χ4n) is 1.06. The first-order valence-corrected chi connectivity index (χ1v) is 3.93. The third-order valence-corrected chi connectivity index (χ3v) is 1.70. The zero-order chi connectivity index (χ0) is 11.6. The van der Waals surface area contributed by atoms with Crippen LogP contribution in [0.4, 0.5) is 23.0 Å². The van der Waals surface area contributed by atoms with Gasteiger partial charge in [-0.05, 0) is 5.56 Å². The first kappa shape index (κ1) is 11.5. The van der Waals surface area contributed by atoms with Crippen molar-refractivity contribution >= 4 is 12.7 Å². The summed E-state index contributed by atoms with van der Waals surface area (Å²) in [4.78, 5) is 9.30. The Balaban J connectivity index is 2.99. The van der Waals surface area contributed by atoms with Crippen molar-refractivity contribution < 1.29 is 22.3 Å². The fraction of sp³-hybridized carbons (Fsp3) is 0.143. The van der Waals surface area contributed by atoms with E-state index in [9.17, 15) is 27.5 Å². The molecule has 0 bridgehead atoms. The Kier molecular flexibility index (Phi) is 2.97. The molecular weight excluding hydrogens is 217 g/mol. The Morgan fingerprint density at radius 2 is 1.93 bits per heavy atom. The van der Waals surface area contributed by atoms with Crippen LogP contribution in [0.5, 0.6) is 0 Å². The molecule has 0 aliphatic heterocycles. The largest absolute Gasteiger partial charge is 0.482 e. The summed E-state index contributed by atoms with van der Waals surface area (Å²) >= 11 is 0. The lowest BCUT2D eigenvalue weighted by Crippen LogP contribution is -2.20. The summed E-state index contributed by atoms with van der Waals surface area (Å²) in [5, 5.41) is 10.2. The maximum atomic E-state index is 12.9. The molecule has 15 heavy (non-hydrogen) atoms. The number of halogens is 4. The van der Waals surface area contributed by atoms with E-state index >= 15 is 0 Å². The topological polar surface area (TPSA) is 43.1 Å². The lowest BCUT2D eigenvalue weighted by molar-refractivity contribution is -0.385. The number of non-ortho nitro benzene ring substituents is 1. The molecule has 0 N–H and O–H groups in total. The van der Waals surface area contributed by atoms with Gasteiger partial charge in [0.2, 0.25) is 0 Å². The third-order valence-electron chi connectivity index (χ3n) is 1.70. The summed E-state index contributed by atoms with van der Waals surface area (Å²) < 4.78 is 48.8. The molecule has 1 aromatic carbocycles. The standard InChI is InChI=1S/C7H5BF4NO2/c9-7-3-6(13(14)15)2-1-5(7)4-8(10,11)12/h1-3H,4H2/q-1. The summed E-state index contributed by atoms with van der Waals surface area (Å²) in [5.74, 6) is -1.21. The molecule has 1 aromatic rings. The minimum absolute atomic E-state index is 0.483. The van der Waals surface area contributed by atoms with Gasteiger partial charge in [-0.25, -0.2) is 4.39 Å². The van der Waals surface area contributed by atoms with E-state index in [0.717, 1.165) is 12.1 Å². The summed E-state index contributed by atoms with van der Waals surface area (Å²) in [6.07, 6.45) is -1.37. The van der Waals surface area contributed by atoms with Gasteiger partial charge in [-0.3, -0.25) is 10.1 Å². The molecule has 8 heteroatoms. The van der Waals surface area contributed by atoms with Gasteiger partial charge in [0, 0.05) is 6.07 Å². The molecule has 0 aliphatic rings. The van der Waals surface area contributed by atoms with E-state index in [1.165, 1.54) is 0 Å². The van der Waals surface area contributed by atoms with Gasteiger partial charge >= 0.3 is 6.98 Å². The van der Waals surface area contributed by atoms with E-state index in [1.807, 2.05) is 0 Å². The maximum Gasteiger partial charge on any atom is 0.482 e. The quantitative estimate of drug-likeness (QED) is 0.341. The summed E-state index contributed by atoms with van der Waals surface area (Å²) in [7, 11) is 0. The monoisotopic (exact) mass is 222 g/mol. The maximum absolute atomic E-state index is 12.9. The second-order valence-corrected chi connectivity index (χ2v) is 2.95. The zero-order valence-electron chi connectivity index (χ0n) is 7.29. The second-order valence-electron chi connectivity index (χ2n) is 2.95. The van der Waals surface area contributed by atoms with E-state index in [0.29, 0.717) is 6.07 Å². The highest BCUT2D eigenvalue weighted by Gasteiger charge is 2.25. The number of benzene rings is 1. The molecule has 0 atom stereocenters. The Bertz CT molecular complexity index is 393. The van der Waals surface area contributed by atoms with Gasteiger partial charge in [-0.2, -0.15) is 0 Å². The highest BCUT2D eigenvalue weighted by atomic mass is 19.4. The van der Waals surface area contributed by atoms with Gasteiger partial charge in [0.25, 0.3) is 5.69 Å². The number of hydrogen-bond acceptors (Lipinski definition) is 2. The Morgan fingerprint density at radius 3 is 2.33 bits per heavy atom. The summed E-state index contributed by atoms with van der Waals surface area (Å²) in [6, 6.07) is 2.11. The third kappa shape index (κ3) is 3.23. The minimum Gasteiger partial charge on any atom is -0.449 e. The Morgan fingerprint density at radius 1 is 1.33 bits per heavy atom. The van der Waals surface area contributed by atoms with Crippen molar-refractivity contribution in [1.82, 2.24) is 0 Å². The first-order valence-electron chi connectivity index (χ1n) is 3.93. The SMILES string of the molecule is O=[N+]([O-])c1ccc(C[B-](F)(F)F)c(F)c1. The summed E-state index contributed by atoms with van der Waals surface area (Å²) in [6.45, 7) is -5.14. The van der Waals surface area contributed by atoms with Gasteiger partial charge < -0.3 is 12.9 Å². The molecular formula is C7H5BF4NO2-. The van der Waals surface area contributed by atoms with Crippen LogP contribution in [-0.2, 0) is 6.32 Å². The summed E-state index contributed by atoms with van der Waals surface area (Å²) in [5.41, 5.74) is -1.14. The molecule has 0 heterocycles. The average Bonchev–Trinajstić information content (AvgIpc) is 2.05. The average molecular weight is 222 g/mol. The van der Waals surface area contributed by atoms with Crippen LogP contribution in [0.3, 0.4) is 0 Å². The van der Waals surface area contributed by atoms with E-state index in [4.69, 9.17) is 0 Å². The molecule has 0 saturated heterocycles. The molecule has 0 aliphatic carbocycles. The highest BCUT2D eigenvalue weighted by Crippen LogP contribution is 2.21. The van der Waals surface area contributed by atoms with Crippen LogP contribution in [0.2, 0.25) is 0 Å². The van der Waals surface area contributed by atoms with E-state index in [-0.39, 0.29) is 0 Å². The van der Waals surface area contributed by atoms with Crippen molar-refractivity contribution in [2.75, 3.05) is 0 Å². The van der Waals surface area contributed by atoms with Crippen molar-refractivity contribution in [3.8, 4) is 0 Å². The van der Waals surface area contributed by atoms with Gasteiger partial charge in [-0.1, -0.05) is 12.4 Å². The number of nitro groups is 1. The zero-order valence-corrected chi connectivity index (χ0v) is 7.29. The van der Waals surface area contributed by atoms with Gasteiger partial charge in [-0.15, -0.1) is 0 Å². The molecule has 0 unspecified atom stereocenters. The van der Waals surface area contributed by atoms with E-state index < -0.39 is 35.3 Å². The van der Waals surface area contributed by atoms with Gasteiger partial charge in [0.05, 0.1) is 11.0 Å². The van der Waals surface area contributed by atoms with Crippen LogP contribution in [0.25, 0.3) is 0 Å². The van der Waals surface area contributed by atoms with E-state index in [2.05, 4.69) is 0 Å². The lowest BCUT2D eigenvalue weighted by Gasteiger charge is -2.13. The number of nitrogens with zero attached hydrogens (tertiary/aromatic N) is 1. The second kappa shape index (κ2) is 3.88. The smallest absolute Gasteiger partial charge is 0.449 e. The van der Waals surface area contributed by atoms with Crippen LogP contribution in [0.1, 0.15) is 5.56 Å². The van der Waals surface area contributed by atoms with Crippen molar-refractivity contribution in [2.24, 2.45) is 0 Å². The normalized spacial score (nSPS) is 11.5. The molecule has 0 fully saturated rings. The molecule has 0 saturated carbocycles. The Labute approximate surface area is 81.9 Å². The molecule has 1 rings (SSSR count). The molecule has 0 spiro atoms. The van der Waals surface area contributed by atoms with Crippen LogP contribution in [0, 0.1) is 15.9 Å². The fourth-order valence-corrected chi connectivity index (χ4v) is 1.06. The minimum atomic E-state index is -5.14. The molecule has 0 amide bonds. The van der Waals surface area contributed by atoms with Gasteiger partial charge in [0.15, 0.2) is 0 Å². The van der Waals surface area contributed by atoms with Crippen molar-refractivity contribution in [2.45, 2.75) is 6.32 Å². The first-order chi connectivity index (χ1) is 6.79. The van der Waals surface area contributed by atoms with Crippen molar-refractivity contribution in [3.63, 3.8) is 0 Å². The van der Waals surface area contributed by atoms with E-state index in [1.54, 1.807) is 0 Å². The number of hydrogen-bond donors (Lipinski definition) is 0. The highest BCUT2D eigenvalue weighted by molar-refractivity contribution is 6.57. The van der Waals surface area contributed by atoms with Crippen molar-refractivity contribution in [1.29, 1.82) is 0 Å². The number of rotatable bonds is 3. The predicted molar refractivity (Wildman–Crippen MR) is 45.8 cm³/mol. The molecule has 0 aromatic heterocycles. The molecule has 3 nitrogen and oxygen atoms in total. The number of nitro benzene ring substituents is 1. The van der Waals surface area contributed by atoms with Gasteiger partial charge in [0.1, 0.15) is 5.82 Å². The Hall–Kier alpha value is -1.60. The van der Waals surface area contributed by atoms with Crippen molar-refractivity contribution in [3.05, 3.63) is 39.7 Å². The predicted octanol–water partition coefficient (Wildman–Crippen LogP) is 2.66. The van der Waals surface area contributed by atoms with Crippen LogP contribution < -0.4 is 0 Å². The molecule has 82 valence electrons.